The van der Waals surface area contributed by atoms with Gasteiger partial charge in [0.05, 0.1) is 6.07 Å². The van der Waals surface area contributed by atoms with Gasteiger partial charge in [0, 0.05) is 11.1 Å². The van der Waals surface area contributed by atoms with Crippen LogP contribution in [0.5, 0.6) is 0 Å². The van der Waals surface area contributed by atoms with E-state index in [0.717, 1.165) is 5.69 Å². The summed E-state index contributed by atoms with van der Waals surface area (Å²) in [5, 5.41) is 11.3. The third-order valence-corrected chi connectivity index (χ3v) is 3.97. The molecule has 0 N–H and O–H groups in total. The molecule has 22 heavy (non-hydrogen) atoms. The number of carbonyl (C=O) groups excluding carboxylic acids is 2. The second kappa shape index (κ2) is 6.54. The number of ketones is 1. The average molecular weight is 318 g/mol. The Kier molecular flexibility index (Phi) is 4.73. The fourth-order valence-electron chi connectivity index (χ4n) is 1.90. The highest BCUT2D eigenvalue weighted by Crippen LogP contribution is 2.21. The van der Waals surface area contributed by atoms with Crippen LogP contribution in [0, 0.1) is 32.1 Å². The minimum Gasteiger partial charge on any atom is -0.466 e. The number of Topliss-reactive ketones (excluding diaryl/α,β-unsaturated/α-hetero) is 1. The van der Waals surface area contributed by atoms with Crippen molar-refractivity contribution in [3.05, 3.63) is 39.2 Å². The average Bonchev–Trinajstić information content (AvgIpc) is 3.03. The van der Waals surface area contributed by atoms with E-state index in [0.29, 0.717) is 16.5 Å². The number of esters is 1. The highest BCUT2D eigenvalue weighted by Gasteiger charge is 2.25. The quantitative estimate of drug-likeness (QED) is 0.787. The van der Waals surface area contributed by atoms with Crippen LogP contribution in [0.4, 0.5) is 0 Å². The van der Waals surface area contributed by atoms with Gasteiger partial charge in [0.1, 0.15) is 22.1 Å². The Bertz CT molecular complexity index is 754. The highest BCUT2D eigenvalue weighted by atomic mass is 32.1. The Labute approximate surface area is 131 Å². The molecule has 7 heteroatoms. The molecule has 2 aromatic heterocycles. The van der Waals surface area contributed by atoms with Crippen molar-refractivity contribution in [2.24, 2.45) is 0 Å². The first kappa shape index (κ1) is 15.9. The number of nitrogens with zero attached hydrogens (tertiary/aromatic N) is 2. The number of thiazole rings is 1. The molecule has 0 aliphatic rings. The van der Waals surface area contributed by atoms with Gasteiger partial charge in [-0.3, -0.25) is 4.79 Å². The number of furan rings is 1. The van der Waals surface area contributed by atoms with Crippen molar-refractivity contribution in [2.75, 3.05) is 6.61 Å². The molecule has 2 rings (SSSR count). The monoisotopic (exact) mass is 318 g/mol. The van der Waals surface area contributed by atoms with E-state index in [-0.39, 0.29) is 5.56 Å². The summed E-state index contributed by atoms with van der Waals surface area (Å²) in [5.74, 6) is -1.14. The summed E-state index contributed by atoms with van der Waals surface area (Å²) in [7, 11) is 0. The maximum Gasteiger partial charge on any atom is 0.342 e. The van der Waals surface area contributed by atoms with E-state index >= 15 is 0 Å². The van der Waals surface area contributed by atoms with Gasteiger partial charge in [0.25, 0.3) is 0 Å². The molecule has 2 heterocycles. The number of carbonyl (C=O) groups is 2. The Balaban J connectivity index is 2.01. The van der Waals surface area contributed by atoms with Gasteiger partial charge in [-0.2, -0.15) is 5.26 Å². The Morgan fingerprint density at radius 3 is 2.68 bits per heavy atom. The molecule has 0 amide bonds. The molecule has 0 aliphatic carbocycles. The number of hydrogen-bond acceptors (Lipinski definition) is 7. The van der Waals surface area contributed by atoms with Crippen LogP contribution in [-0.2, 0) is 9.53 Å². The molecule has 0 saturated carbocycles. The molecule has 0 aliphatic heterocycles. The van der Waals surface area contributed by atoms with Gasteiger partial charge in [-0.1, -0.05) is 0 Å². The van der Waals surface area contributed by atoms with Gasteiger partial charge in [-0.15, -0.1) is 11.3 Å². The third-order valence-electron chi connectivity index (χ3n) is 2.94. The zero-order valence-electron chi connectivity index (χ0n) is 12.4. The van der Waals surface area contributed by atoms with Gasteiger partial charge in [0.2, 0.25) is 0 Å². The Hall–Kier alpha value is -2.46. The van der Waals surface area contributed by atoms with Crippen LogP contribution in [-0.4, -0.2) is 23.3 Å². The normalized spacial score (nSPS) is 11.7. The minimum atomic E-state index is -1.02. The molecular formula is C15H14N2O4S. The number of rotatable bonds is 5. The zero-order valence-corrected chi connectivity index (χ0v) is 13.2. The lowest BCUT2D eigenvalue weighted by molar-refractivity contribution is -0.122. The second-order valence-corrected chi connectivity index (χ2v) is 5.65. The predicted octanol–water partition coefficient (Wildman–Crippen LogP) is 2.69. The van der Waals surface area contributed by atoms with Crippen molar-refractivity contribution in [3.8, 4) is 6.07 Å². The summed E-state index contributed by atoms with van der Waals surface area (Å²) in [5.41, 5.74) is 1.03. The topological polar surface area (TPSA) is 93.2 Å². The molecule has 0 spiro atoms. The first-order valence-electron chi connectivity index (χ1n) is 6.51. The molecule has 0 fully saturated rings. The van der Waals surface area contributed by atoms with Crippen molar-refractivity contribution in [1.29, 1.82) is 5.26 Å². The zero-order chi connectivity index (χ0) is 16.3. The van der Waals surface area contributed by atoms with Crippen molar-refractivity contribution < 1.29 is 18.7 Å². The van der Waals surface area contributed by atoms with Crippen molar-refractivity contribution in [1.82, 2.24) is 4.98 Å². The summed E-state index contributed by atoms with van der Waals surface area (Å²) in [6.07, 6.45) is 0. The molecule has 6 nitrogen and oxygen atoms in total. The number of aromatic nitrogens is 1. The van der Waals surface area contributed by atoms with E-state index < -0.39 is 24.3 Å². The molecule has 0 bridgehead atoms. The van der Waals surface area contributed by atoms with Crippen molar-refractivity contribution >= 4 is 23.1 Å². The first-order chi connectivity index (χ1) is 10.4. The van der Waals surface area contributed by atoms with Gasteiger partial charge in [-0.05, 0) is 26.8 Å². The van der Waals surface area contributed by atoms with Gasteiger partial charge in [-0.25, -0.2) is 9.78 Å². The van der Waals surface area contributed by atoms with E-state index in [1.54, 1.807) is 32.2 Å². The van der Waals surface area contributed by atoms with E-state index in [4.69, 9.17) is 14.4 Å². The minimum absolute atomic E-state index is 0.281. The summed E-state index contributed by atoms with van der Waals surface area (Å²) in [4.78, 5) is 28.1. The molecule has 114 valence electrons. The first-order valence-corrected chi connectivity index (χ1v) is 7.39. The second-order valence-electron chi connectivity index (χ2n) is 4.76. The Morgan fingerprint density at radius 2 is 2.18 bits per heavy atom. The smallest absolute Gasteiger partial charge is 0.342 e. The SMILES string of the molecule is Cc1csc([C@H](C#N)C(=O)COC(=O)c2cc(C)oc2C)n1. The molecule has 0 aromatic carbocycles. The van der Waals surface area contributed by atoms with Crippen LogP contribution in [0.3, 0.4) is 0 Å². The van der Waals surface area contributed by atoms with E-state index in [1.807, 2.05) is 6.07 Å². The van der Waals surface area contributed by atoms with Gasteiger partial charge >= 0.3 is 5.97 Å². The maximum atomic E-state index is 12.1. The van der Waals surface area contributed by atoms with Crippen LogP contribution in [0.1, 0.15) is 38.5 Å². The number of ether oxygens (including phenoxy) is 1. The summed E-state index contributed by atoms with van der Waals surface area (Å²) < 4.78 is 10.2. The summed E-state index contributed by atoms with van der Waals surface area (Å²) in [6.45, 7) is 4.66. The summed E-state index contributed by atoms with van der Waals surface area (Å²) >= 11 is 1.24. The number of aryl methyl sites for hydroxylation is 3. The van der Waals surface area contributed by atoms with E-state index in [1.165, 1.54) is 11.3 Å². The number of nitriles is 1. The Morgan fingerprint density at radius 1 is 1.45 bits per heavy atom. The number of hydrogen-bond donors (Lipinski definition) is 0. The van der Waals surface area contributed by atoms with Crippen LogP contribution < -0.4 is 0 Å². The van der Waals surface area contributed by atoms with Crippen LogP contribution in [0.25, 0.3) is 0 Å². The lowest BCUT2D eigenvalue weighted by atomic mass is 10.1. The molecule has 0 unspecified atom stereocenters. The molecule has 0 radical (unpaired) electrons. The van der Waals surface area contributed by atoms with E-state index in [2.05, 4.69) is 4.98 Å². The fraction of sp³-hybridized carbons (Fsp3) is 0.333. The fourth-order valence-corrected chi connectivity index (χ4v) is 2.76. The van der Waals surface area contributed by atoms with Crippen LogP contribution in [0.2, 0.25) is 0 Å². The standard InChI is InChI=1S/C15H14N2O4S/c1-8-7-22-14(17-8)12(5-16)13(18)6-20-15(19)11-4-9(2)21-10(11)3/h4,7,12H,6H2,1-3H3/t12-/m1/s1. The highest BCUT2D eigenvalue weighted by molar-refractivity contribution is 7.09. The molecule has 2 aromatic rings. The van der Waals surface area contributed by atoms with Gasteiger partial charge in [0.15, 0.2) is 18.3 Å². The molecule has 1 atom stereocenters. The molecule has 0 saturated heterocycles. The van der Waals surface area contributed by atoms with Crippen LogP contribution in [0.15, 0.2) is 15.9 Å². The van der Waals surface area contributed by atoms with Crippen molar-refractivity contribution in [3.63, 3.8) is 0 Å². The lowest BCUT2D eigenvalue weighted by Crippen LogP contribution is -2.20. The van der Waals surface area contributed by atoms with E-state index in [9.17, 15) is 9.59 Å². The largest absolute Gasteiger partial charge is 0.466 e. The summed E-state index contributed by atoms with van der Waals surface area (Å²) in [6, 6.07) is 3.45. The third kappa shape index (κ3) is 3.40. The maximum absolute atomic E-state index is 12.1. The van der Waals surface area contributed by atoms with Gasteiger partial charge < -0.3 is 9.15 Å². The lowest BCUT2D eigenvalue weighted by Gasteiger charge is -2.06. The van der Waals surface area contributed by atoms with Crippen molar-refractivity contribution in [2.45, 2.75) is 26.7 Å². The molecular weight excluding hydrogens is 304 g/mol. The predicted molar refractivity (Wildman–Crippen MR) is 78.7 cm³/mol. The van der Waals surface area contributed by atoms with Crippen LogP contribution >= 0.6 is 11.3 Å².